The summed E-state index contributed by atoms with van der Waals surface area (Å²) in [5.74, 6) is 0.679. The summed E-state index contributed by atoms with van der Waals surface area (Å²) in [6.07, 6.45) is 0. The van der Waals surface area contributed by atoms with Crippen LogP contribution in [0.3, 0.4) is 0 Å². The maximum absolute atomic E-state index is 13.4. The molecule has 0 aliphatic rings. The summed E-state index contributed by atoms with van der Waals surface area (Å²) in [7, 11) is -3.93. The monoisotopic (exact) mass is 480 g/mol. The van der Waals surface area contributed by atoms with Crippen molar-refractivity contribution in [1.82, 2.24) is 5.32 Å². The standard InChI is InChI=1S/C27H32N2O4S/c1-20(2)23-12-14-24(15-13-23)29(34(31,32)25-8-6-5-7-9-25)19-27(30)28-16-17-33-26-18-21(3)10-11-22(26)4/h5-15,18,20H,16-17,19H2,1-4H3,(H,28,30). The molecule has 0 bridgehead atoms. The number of carbonyl (C=O) groups excluding carboxylic acids is 1. The quantitative estimate of drug-likeness (QED) is 0.422. The van der Waals surface area contributed by atoms with Crippen LogP contribution in [-0.4, -0.2) is 34.0 Å². The molecule has 0 aromatic heterocycles. The van der Waals surface area contributed by atoms with E-state index in [0.29, 0.717) is 11.6 Å². The minimum atomic E-state index is -3.93. The van der Waals surface area contributed by atoms with Crippen LogP contribution in [0.5, 0.6) is 5.75 Å². The molecule has 0 aliphatic heterocycles. The second-order valence-electron chi connectivity index (χ2n) is 8.54. The molecule has 0 heterocycles. The number of hydrogen-bond donors (Lipinski definition) is 1. The average Bonchev–Trinajstić information content (AvgIpc) is 2.83. The van der Waals surface area contributed by atoms with Gasteiger partial charge >= 0.3 is 0 Å². The average molecular weight is 481 g/mol. The molecule has 3 rings (SSSR count). The number of hydrogen-bond acceptors (Lipinski definition) is 4. The van der Waals surface area contributed by atoms with Gasteiger partial charge in [-0.15, -0.1) is 0 Å². The van der Waals surface area contributed by atoms with Gasteiger partial charge in [-0.05, 0) is 66.8 Å². The number of aryl methyl sites for hydroxylation is 2. The number of sulfonamides is 1. The molecule has 0 spiro atoms. The molecule has 1 amide bonds. The molecular formula is C27H32N2O4S. The molecule has 1 N–H and O–H groups in total. The van der Waals surface area contributed by atoms with Gasteiger partial charge in [0.1, 0.15) is 18.9 Å². The Labute approximate surface area is 202 Å². The lowest BCUT2D eigenvalue weighted by Crippen LogP contribution is -2.41. The van der Waals surface area contributed by atoms with E-state index in [9.17, 15) is 13.2 Å². The Morgan fingerprint density at radius 3 is 2.29 bits per heavy atom. The Balaban J connectivity index is 1.72. The zero-order chi connectivity index (χ0) is 24.7. The minimum Gasteiger partial charge on any atom is -0.491 e. The number of amides is 1. The second-order valence-corrected chi connectivity index (χ2v) is 10.4. The van der Waals surface area contributed by atoms with Crippen LogP contribution in [0.4, 0.5) is 5.69 Å². The van der Waals surface area contributed by atoms with Gasteiger partial charge in [0.15, 0.2) is 0 Å². The fourth-order valence-electron chi connectivity index (χ4n) is 3.46. The van der Waals surface area contributed by atoms with Crippen molar-refractivity contribution in [3.05, 3.63) is 89.5 Å². The predicted octanol–water partition coefficient (Wildman–Crippen LogP) is 4.82. The van der Waals surface area contributed by atoms with E-state index in [2.05, 4.69) is 19.2 Å². The van der Waals surface area contributed by atoms with Gasteiger partial charge in [-0.25, -0.2) is 8.42 Å². The number of ether oxygens (including phenoxy) is 1. The van der Waals surface area contributed by atoms with Crippen molar-refractivity contribution in [2.75, 3.05) is 24.0 Å². The first kappa shape index (κ1) is 25.3. The van der Waals surface area contributed by atoms with E-state index >= 15 is 0 Å². The van der Waals surface area contributed by atoms with Crippen molar-refractivity contribution in [3.63, 3.8) is 0 Å². The fraction of sp³-hybridized carbons (Fsp3) is 0.296. The zero-order valence-corrected chi connectivity index (χ0v) is 20.9. The van der Waals surface area contributed by atoms with Crippen LogP contribution in [0, 0.1) is 13.8 Å². The van der Waals surface area contributed by atoms with Crippen LogP contribution in [0.25, 0.3) is 0 Å². The number of anilines is 1. The molecule has 180 valence electrons. The van der Waals surface area contributed by atoms with E-state index in [4.69, 9.17) is 4.74 Å². The molecule has 3 aromatic rings. The smallest absolute Gasteiger partial charge is 0.264 e. The first-order chi connectivity index (χ1) is 16.2. The van der Waals surface area contributed by atoms with E-state index in [0.717, 1.165) is 26.7 Å². The Morgan fingerprint density at radius 1 is 0.971 bits per heavy atom. The lowest BCUT2D eigenvalue weighted by Gasteiger charge is -2.24. The van der Waals surface area contributed by atoms with Gasteiger partial charge in [-0.1, -0.05) is 56.3 Å². The zero-order valence-electron chi connectivity index (χ0n) is 20.1. The summed E-state index contributed by atoms with van der Waals surface area (Å²) in [4.78, 5) is 12.9. The van der Waals surface area contributed by atoms with Crippen LogP contribution < -0.4 is 14.4 Å². The highest BCUT2D eigenvalue weighted by Gasteiger charge is 2.27. The lowest BCUT2D eigenvalue weighted by atomic mass is 10.0. The van der Waals surface area contributed by atoms with Crippen LogP contribution in [-0.2, 0) is 14.8 Å². The molecule has 34 heavy (non-hydrogen) atoms. The summed E-state index contributed by atoms with van der Waals surface area (Å²) in [5.41, 5.74) is 3.64. The van der Waals surface area contributed by atoms with Crippen molar-refractivity contribution in [3.8, 4) is 5.75 Å². The normalized spacial score (nSPS) is 11.3. The van der Waals surface area contributed by atoms with Gasteiger partial charge in [-0.3, -0.25) is 9.10 Å². The number of carbonyl (C=O) groups is 1. The highest BCUT2D eigenvalue weighted by atomic mass is 32.2. The Hall–Kier alpha value is -3.32. The molecule has 0 saturated carbocycles. The maximum atomic E-state index is 13.4. The second kappa shape index (κ2) is 11.2. The van der Waals surface area contributed by atoms with Gasteiger partial charge in [-0.2, -0.15) is 0 Å². The molecule has 0 radical (unpaired) electrons. The number of nitrogens with zero attached hydrogens (tertiary/aromatic N) is 1. The van der Waals surface area contributed by atoms with Gasteiger partial charge in [0.25, 0.3) is 10.0 Å². The van der Waals surface area contributed by atoms with E-state index < -0.39 is 15.9 Å². The molecule has 0 aliphatic carbocycles. The van der Waals surface area contributed by atoms with E-state index in [-0.39, 0.29) is 24.6 Å². The summed E-state index contributed by atoms with van der Waals surface area (Å²) in [5, 5.41) is 2.77. The number of rotatable bonds is 10. The fourth-order valence-corrected chi connectivity index (χ4v) is 4.90. The molecule has 6 nitrogen and oxygen atoms in total. The van der Waals surface area contributed by atoms with Crippen molar-refractivity contribution in [2.45, 2.75) is 38.5 Å². The Bertz CT molecular complexity index is 1210. The molecule has 3 aromatic carbocycles. The number of nitrogens with one attached hydrogen (secondary N) is 1. The lowest BCUT2D eigenvalue weighted by molar-refractivity contribution is -0.119. The first-order valence-electron chi connectivity index (χ1n) is 11.3. The molecule has 0 atom stereocenters. The van der Waals surface area contributed by atoms with Gasteiger partial charge < -0.3 is 10.1 Å². The Morgan fingerprint density at radius 2 is 1.65 bits per heavy atom. The van der Waals surface area contributed by atoms with Gasteiger partial charge in [0.05, 0.1) is 17.1 Å². The van der Waals surface area contributed by atoms with Crippen molar-refractivity contribution in [1.29, 1.82) is 0 Å². The first-order valence-corrected chi connectivity index (χ1v) is 12.8. The topological polar surface area (TPSA) is 75.7 Å². The highest BCUT2D eigenvalue weighted by Crippen LogP contribution is 2.26. The van der Waals surface area contributed by atoms with E-state index in [1.54, 1.807) is 30.3 Å². The molecule has 0 saturated heterocycles. The summed E-state index contributed by atoms with van der Waals surface area (Å²) in [6, 6.07) is 21.4. The van der Waals surface area contributed by atoms with Crippen molar-refractivity contribution in [2.24, 2.45) is 0 Å². The third-order valence-electron chi connectivity index (χ3n) is 5.49. The SMILES string of the molecule is Cc1ccc(C)c(OCCNC(=O)CN(c2ccc(C(C)C)cc2)S(=O)(=O)c2ccccc2)c1. The summed E-state index contributed by atoms with van der Waals surface area (Å²) in [6.45, 7) is 8.31. The molecule has 0 unspecified atom stereocenters. The van der Waals surface area contributed by atoms with E-state index in [1.807, 2.05) is 44.2 Å². The largest absolute Gasteiger partial charge is 0.491 e. The van der Waals surface area contributed by atoms with Gasteiger partial charge in [0.2, 0.25) is 5.91 Å². The Kier molecular flexibility index (Phi) is 8.34. The highest BCUT2D eigenvalue weighted by molar-refractivity contribution is 7.92. The molecule has 7 heteroatoms. The third kappa shape index (κ3) is 6.38. The van der Waals surface area contributed by atoms with Crippen molar-refractivity contribution < 1.29 is 17.9 Å². The summed E-state index contributed by atoms with van der Waals surface area (Å²) < 4.78 is 33.7. The van der Waals surface area contributed by atoms with E-state index in [1.165, 1.54) is 12.1 Å². The van der Waals surface area contributed by atoms with Gasteiger partial charge in [0, 0.05) is 0 Å². The minimum absolute atomic E-state index is 0.133. The summed E-state index contributed by atoms with van der Waals surface area (Å²) >= 11 is 0. The predicted molar refractivity (Wildman–Crippen MR) is 136 cm³/mol. The van der Waals surface area contributed by atoms with Crippen LogP contribution in [0.1, 0.15) is 36.5 Å². The van der Waals surface area contributed by atoms with Crippen LogP contribution in [0.2, 0.25) is 0 Å². The van der Waals surface area contributed by atoms with Crippen LogP contribution >= 0.6 is 0 Å². The molecule has 0 fully saturated rings. The maximum Gasteiger partial charge on any atom is 0.264 e. The third-order valence-corrected chi connectivity index (χ3v) is 7.28. The molecular weight excluding hydrogens is 448 g/mol. The van der Waals surface area contributed by atoms with Crippen LogP contribution in [0.15, 0.2) is 77.7 Å². The van der Waals surface area contributed by atoms with Crippen molar-refractivity contribution >= 4 is 21.6 Å². The number of benzene rings is 3.